The third-order valence-electron chi connectivity index (χ3n) is 4.12. The lowest BCUT2D eigenvalue weighted by molar-refractivity contribution is 0.186. The molecule has 0 amide bonds. The monoisotopic (exact) mass is 321 g/mol. The molecule has 120 valence electrons. The van der Waals surface area contributed by atoms with Crippen molar-refractivity contribution in [2.75, 3.05) is 5.32 Å². The lowest BCUT2D eigenvalue weighted by Crippen LogP contribution is -2.20. The Morgan fingerprint density at radius 2 is 2.17 bits per heavy atom. The van der Waals surface area contributed by atoms with E-state index in [1.807, 2.05) is 37.4 Å². The number of aryl methyl sites for hydroxylation is 1. The van der Waals surface area contributed by atoms with E-state index in [4.69, 9.17) is 0 Å². The van der Waals surface area contributed by atoms with Gasteiger partial charge in [-0.3, -0.25) is 4.79 Å². The van der Waals surface area contributed by atoms with Crippen LogP contribution in [0.15, 0.2) is 47.7 Å². The SMILES string of the molecule is Cc1ncnc2c1c(NCc1cccc3[nH]ccc13)cc(=O)n2O. The van der Waals surface area contributed by atoms with E-state index in [1.54, 1.807) is 0 Å². The van der Waals surface area contributed by atoms with E-state index >= 15 is 0 Å². The van der Waals surface area contributed by atoms with E-state index < -0.39 is 5.56 Å². The summed E-state index contributed by atoms with van der Waals surface area (Å²) in [5.74, 6) is 0. The smallest absolute Gasteiger partial charge is 0.286 e. The molecule has 3 N–H and O–H groups in total. The van der Waals surface area contributed by atoms with Gasteiger partial charge in [-0.15, -0.1) is 4.73 Å². The van der Waals surface area contributed by atoms with Crippen LogP contribution in [0.5, 0.6) is 0 Å². The molecule has 24 heavy (non-hydrogen) atoms. The summed E-state index contributed by atoms with van der Waals surface area (Å²) in [4.78, 5) is 23.3. The zero-order valence-corrected chi connectivity index (χ0v) is 12.9. The van der Waals surface area contributed by atoms with Gasteiger partial charge in [-0.05, 0) is 24.6 Å². The van der Waals surface area contributed by atoms with Gasteiger partial charge in [-0.1, -0.05) is 12.1 Å². The number of pyridine rings is 1. The summed E-state index contributed by atoms with van der Waals surface area (Å²) < 4.78 is 0.544. The topological polar surface area (TPSA) is 95.8 Å². The van der Waals surface area contributed by atoms with Crippen LogP contribution >= 0.6 is 0 Å². The highest BCUT2D eigenvalue weighted by Crippen LogP contribution is 2.24. The second-order valence-electron chi connectivity index (χ2n) is 5.58. The number of H-pyrrole nitrogens is 1. The van der Waals surface area contributed by atoms with Crippen molar-refractivity contribution in [1.82, 2.24) is 19.7 Å². The Kier molecular flexibility index (Phi) is 3.19. The summed E-state index contributed by atoms with van der Waals surface area (Å²) in [5, 5.41) is 14.9. The van der Waals surface area contributed by atoms with Crippen LogP contribution < -0.4 is 10.9 Å². The lowest BCUT2D eigenvalue weighted by Gasteiger charge is -2.12. The Labute approximate surface area is 136 Å². The highest BCUT2D eigenvalue weighted by molar-refractivity contribution is 5.91. The quantitative estimate of drug-likeness (QED) is 0.504. The molecule has 7 nitrogen and oxygen atoms in total. The molecule has 4 aromatic rings. The molecule has 0 atom stereocenters. The lowest BCUT2D eigenvalue weighted by atomic mass is 10.1. The molecule has 1 aromatic carbocycles. The molecule has 0 radical (unpaired) electrons. The molecule has 0 saturated carbocycles. The van der Waals surface area contributed by atoms with Crippen molar-refractivity contribution in [2.24, 2.45) is 0 Å². The van der Waals surface area contributed by atoms with E-state index in [9.17, 15) is 10.0 Å². The average Bonchev–Trinajstić information content (AvgIpc) is 3.06. The van der Waals surface area contributed by atoms with Crippen molar-refractivity contribution in [3.63, 3.8) is 0 Å². The van der Waals surface area contributed by atoms with Crippen LogP contribution in [0.2, 0.25) is 0 Å². The van der Waals surface area contributed by atoms with Gasteiger partial charge in [0.05, 0.1) is 16.8 Å². The van der Waals surface area contributed by atoms with Crippen molar-refractivity contribution in [1.29, 1.82) is 0 Å². The van der Waals surface area contributed by atoms with Gasteiger partial charge in [0.2, 0.25) is 0 Å². The molecule has 7 heteroatoms. The van der Waals surface area contributed by atoms with Crippen LogP contribution in [0.4, 0.5) is 5.69 Å². The first-order valence-electron chi connectivity index (χ1n) is 7.50. The van der Waals surface area contributed by atoms with Crippen molar-refractivity contribution in [3.05, 3.63) is 64.5 Å². The Bertz CT molecular complexity index is 1110. The standard InChI is InChI=1S/C17H15N5O2/c1-10-16-14(7-15(23)22(24)17(16)21-9-20-10)19-8-11-3-2-4-13-12(11)5-6-18-13/h2-7,9,18-19,24H,8H2,1H3. The average molecular weight is 321 g/mol. The fourth-order valence-electron chi connectivity index (χ4n) is 2.93. The van der Waals surface area contributed by atoms with Crippen LogP contribution in [-0.4, -0.2) is 24.9 Å². The molecule has 4 rings (SSSR count). The van der Waals surface area contributed by atoms with Crippen LogP contribution in [-0.2, 0) is 6.54 Å². The van der Waals surface area contributed by atoms with Crippen molar-refractivity contribution >= 4 is 27.6 Å². The van der Waals surface area contributed by atoms with Gasteiger partial charge < -0.3 is 15.5 Å². The summed E-state index contributed by atoms with van der Waals surface area (Å²) in [7, 11) is 0. The van der Waals surface area contributed by atoms with E-state index in [1.165, 1.54) is 12.4 Å². The number of nitrogens with zero attached hydrogens (tertiary/aromatic N) is 3. The maximum absolute atomic E-state index is 12.0. The number of hydrogen-bond acceptors (Lipinski definition) is 5. The van der Waals surface area contributed by atoms with Gasteiger partial charge in [0.25, 0.3) is 5.56 Å². The number of hydrogen-bond donors (Lipinski definition) is 3. The fraction of sp³-hybridized carbons (Fsp3) is 0.118. The Morgan fingerprint density at radius 1 is 1.29 bits per heavy atom. The van der Waals surface area contributed by atoms with Gasteiger partial charge in [-0.2, -0.15) is 0 Å². The maximum Gasteiger partial charge on any atom is 0.286 e. The molecule has 0 aliphatic rings. The van der Waals surface area contributed by atoms with E-state index in [2.05, 4.69) is 20.3 Å². The minimum atomic E-state index is -0.539. The van der Waals surface area contributed by atoms with Crippen molar-refractivity contribution in [2.45, 2.75) is 13.5 Å². The van der Waals surface area contributed by atoms with Gasteiger partial charge in [0.1, 0.15) is 6.33 Å². The molecule has 0 unspecified atom stereocenters. The number of rotatable bonds is 3. The van der Waals surface area contributed by atoms with E-state index in [-0.39, 0.29) is 5.65 Å². The van der Waals surface area contributed by atoms with Crippen LogP contribution in [0.1, 0.15) is 11.3 Å². The number of aromatic nitrogens is 4. The van der Waals surface area contributed by atoms with Crippen molar-refractivity contribution < 1.29 is 5.21 Å². The second-order valence-corrected chi connectivity index (χ2v) is 5.58. The maximum atomic E-state index is 12.0. The number of anilines is 1. The number of benzene rings is 1. The number of aromatic amines is 1. The molecule has 3 heterocycles. The van der Waals surface area contributed by atoms with Gasteiger partial charge in [0, 0.05) is 29.7 Å². The van der Waals surface area contributed by atoms with Gasteiger partial charge >= 0.3 is 0 Å². The molecule has 0 spiro atoms. The summed E-state index contributed by atoms with van der Waals surface area (Å²) in [6, 6.07) is 9.40. The second kappa shape index (κ2) is 5.38. The molecular formula is C17H15N5O2. The molecule has 0 saturated heterocycles. The third kappa shape index (κ3) is 2.18. The first kappa shape index (κ1) is 14.3. The van der Waals surface area contributed by atoms with E-state index in [0.29, 0.717) is 28.0 Å². The highest BCUT2D eigenvalue weighted by Gasteiger charge is 2.12. The molecule has 3 aromatic heterocycles. The predicted octanol–water partition coefficient (Wildman–Crippen LogP) is 2.43. The van der Waals surface area contributed by atoms with Gasteiger partial charge in [0.15, 0.2) is 5.65 Å². The van der Waals surface area contributed by atoms with Crippen LogP contribution in [0.3, 0.4) is 0 Å². The zero-order chi connectivity index (χ0) is 16.7. The highest BCUT2D eigenvalue weighted by atomic mass is 16.5. The normalized spacial score (nSPS) is 11.2. The molecule has 0 aliphatic heterocycles. The zero-order valence-electron chi connectivity index (χ0n) is 12.9. The minimum Gasteiger partial charge on any atom is -0.423 e. The first-order chi connectivity index (χ1) is 11.6. The predicted molar refractivity (Wildman–Crippen MR) is 91.3 cm³/mol. The Morgan fingerprint density at radius 3 is 3.04 bits per heavy atom. The number of fused-ring (bicyclic) bond motifs is 2. The molecule has 0 aliphatic carbocycles. The molecule has 0 fully saturated rings. The van der Waals surface area contributed by atoms with Crippen molar-refractivity contribution in [3.8, 4) is 0 Å². The summed E-state index contributed by atoms with van der Waals surface area (Å²) >= 11 is 0. The number of nitrogens with one attached hydrogen (secondary N) is 2. The summed E-state index contributed by atoms with van der Waals surface area (Å²) in [5.41, 5.74) is 3.10. The van der Waals surface area contributed by atoms with Crippen LogP contribution in [0.25, 0.3) is 21.9 Å². The fourth-order valence-corrected chi connectivity index (χ4v) is 2.93. The molecule has 0 bridgehead atoms. The largest absolute Gasteiger partial charge is 0.423 e. The first-order valence-corrected chi connectivity index (χ1v) is 7.50. The summed E-state index contributed by atoms with van der Waals surface area (Å²) in [6.45, 7) is 2.35. The van der Waals surface area contributed by atoms with E-state index in [0.717, 1.165) is 16.5 Å². The molecular weight excluding hydrogens is 306 g/mol. The minimum absolute atomic E-state index is 0.192. The third-order valence-corrected chi connectivity index (χ3v) is 4.12. The Balaban J connectivity index is 1.79. The van der Waals surface area contributed by atoms with Gasteiger partial charge in [-0.25, -0.2) is 9.97 Å². The summed E-state index contributed by atoms with van der Waals surface area (Å²) in [6.07, 6.45) is 3.22. The Hall–Kier alpha value is -3.35. The van der Waals surface area contributed by atoms with Crippen LogP contribution in [0, 0.1) is 6.92 Å².